The average Bonchev–Trinajstić information content (AvgIpc) is 2.06. The van der Waals surface area contributed by atoms with Crippen molar-refractivity contribution in [2.75, 3.05) is 27.4 Å². The largest absolute Gasteiger partial charge is 0.391 e. The average molecular weight is 166 g/mol. The van der Waals surface area contributed by atoms with Crippen LogP contribution in [0.25, 0.3) is 0 Å². The molecule has 2 unspecified atom stereocenters. The van der Waals surface area contributed by atoms with Crippen LogP contribution >= 0.6 is 0 Å². The third-order valence-corrected chi connectivity index (χ3v) is 1.11. The Balaban J connectivity index is 3.34. The van der Waals surface area contributed by atoms with Gasteiger partial charge in [-0.2, -0.15) is 0 Å². The highest BCUT2D eigenvalue weighted by atomic mass is 16.7. The minimum Gasteiger partial charge on any atom is -0.391 e. The van der Waals surface area contributed by atoms with Crippen molar-refractivity contribution in [1.82, 2.24) is 0 Å². The third-order valence-electron chi connectivity index (χ3n) is 1.11. The zero-order valence-corrected chi connectivity index (χ0v) is 6.69. The number of rotatable bonds is 6. The van der Waals surface area contributed by atoms with Crippen molar-refractivity contribution >= 4 is 0 Å². The van der Waals surface area contributed by atoms with Crippen LogP contribution < -0.4 is 0 Å². The predicted octanol–water partition coefficient (Wildman–Crippen LogP) is -1.07. The van der Waals surface area contributed by atoms with E-state index in [1.54, 1.807) is 0 Å². The van der Waals surface area contributed by atoms with Crippen molar-refractivity contribution in [3.8, 4) is 0 Å². The Labute approximate surface area is 65.5 Å². The first-order valence-electron chi connectivity index (χ1n) is 3.20. The summed E-state index contributed by atoms with van der Waals surface area (Å²) in [6.45, 7) is -0.261. The monoisotopic (exact) mass is 166 g/mol. The SMILES string of the molecule is COC(O)COC(CO)OC. The van der Waals surface area contributed by atoms with Crippen LogP contribution in [0.15, 0.2) is 0 Å². The molecule has 0 aromatic heterocycles. The second-order valence-electron chi connectivity index (χ2n) is 1.87. The Hall–Kier alpha value is -0.200. The first kappa shape index (κ1) is 10.8. The molecule has 11 heavy (non-hydrogen) atoms. The molecule has 0 saturated carbocycles. The molecule has 0 heterocycles. The standard InChI is InChI=1S/C6H14O5/c1-9-5(8)4-11-6(3-7)10-2/h5-8H,3-4H2,1-2H3. The lowest BCUT2D eigenvalue weighted by Gasteiger charge is -2.15. The third kappa shape index (κ3) is 5.11. The summed E-state index contributed by atoms with van der Waals surface area (Å²) in [7, 11) is 2.76. The van der Waals surface area contributed by atoms with Crippen LogP contribution in [0.5, 0.6) is 0 Å². The molecule has 5 heteroatoms. The minimum absolute atomic E-state index is 0.0183. The van der Waals surface area contributed by atoms with Crippen LogP contribution in [0.1, 0.15) is 0 Å². The van der Waals surface area contributed by atoms with Crippen molar-refractivity contribution in [1.29, 1.82) is 0 Å². The number of hydrogen-bond donors (Lipinski definition) is 2. The van der Waals surface area contributed by atoms with Crippen molar-refractivity contribution in [2.45, 2.75) is 12.6 Å². The second kappa shape index (κ2) is 6.51. The van der Waals surface area contributed by atoms with Crippen molar-refractivity contribution < 1.29 is 24.4 Å². The molecule has 68 valence electrons. The summed E-state index contributed by atoms with van der Waals surface area (Å²) in [6, 6.07) is 0. The zero-order chi connectivity index (χ0) is 8.69. The van der Waals surface area contributed by atoms with Crippen molar-refractivity contribution in [2.24, 2.45) is 0 Å². The maximum atomic E-state index is 8.81. The van der Waals surface area contributed by atoms with E-state index in [0.29, 0.717) is 0 Å². The normalized spacial score (nSPS) is 16.4. The molecule has 0 aliphatic rings. The fourth-order valence-electron chi connectivity index (χ4n) is 0.453. The van der Waals surface area contributed by atoms with Crippen LogP contribution in [0.3, 0.4) is 0 Å². The maximum absolute atomic E-state index is 8.81. The molecule has 0 aliphatic heterocycles. The van der Waals surface area contributed by atoms with E-state index < -0.39 is 12.6 Å². The van der Waals surface area contributed by atoms with Crippen LogP contribution in [0, 0.1) is 0 Å². The van der Waals surface area contributed by atoms with Crippen LogP contribution in [-0.2, 0) is 14.2 Å². The highest BCUT2D eigenvalue weighted by Crippen LogP contribution is 1.93. The van der Waals surface area contributed by atoms with Gasteiger partial charge in [0.15, 0.2) is 12.6 Å². The van der Waals surface area contributed by atoms with E-state index in [1.165, 1.54) is 14.2 Å². The molecular formula is C6H14O5. The first-order chi connectivity index (χ1) is 5.24. The lowest BCUT2D eigenvalue weighted by Crippen LogP contribution is -2.26. The Kier molecular flexibility index (Phi) is 6.39. The van der Waals surface area contributed by atoms with Gasteiger partial charge in [0, 0.05) is 14.2 Å². The van der Waals surface area contributed by atoms with Crippen LogP contribution in [-0.4, -0.2) is 50.2 Å². The van der Waals surface area contributed by atoms with Gasteiger partial charge in [-0.3, -0.25) is 0 Å². The van der Waals surface area contributed by atoms with Gasteiger partial charge in [0.1, 0.15) is 6.61 Å². The summed E-state index contributed by atoms with van der Waals surface area (Å²) in [4.78, 5) is 0. The van der Waals surface area contributed by atoms with Gasteiger partial charge in [-0.05, 0) is 0 Å². The first-order valence-corrected chi connectivity index (χ1v) is 3.20. The van der Waals surface area contributed by atoms with Crippen LogP contribution in [0.2, 0.25) is 0 Å². The maximum Gasteiger partial charge on any atom is 0.180 e. The van der Waals surface area contributed by atoms with Gasteiger partial charge in [-0.15, -0.1) is 0 Å². The molecule has 0 aliphatic carbocycles. The molecule has 2 N–H and O–H groups in total. The molecule has 0 aromatic carbocycles. The summed E-state index contributed by atoms with van der Waals surface area (Å²) in [5.74, 6) is 0. The van der Waals surface area contributed by atoms with Crippen molar-refractivity contribution in [3.63, 3.8) is 0 Å². The van der Waals surface area contributed by atoms with E-state index in [0.717, 1.165) is 0 Å². The smallest absolute Gasteiger partial charge is 0.180 e. The zero-order valence-electron chi connectivity index (χ0n) is 6.69. The Bertz CT molecular complexity index is 83.0. The molecule has 0 fully saturated rings. The van der Waals surface area contributed by atoms with Gasteiger partial charge in [0.05, 0.1) is 6.61 Å². The molecule has 0 radical (unpaired) electrons. The fraction of sp³-hybridized carbons (Fsp3) is 1.00. The Morgan fingerprint density at radius 3 is 2.27 bits per heavy atom. The molecule has 0 bridgehead atoms. The Morgan fingerprint density at radius 2 is 1.91 bits per heavy atom. The van der Waals surface area contributed by atoms with Gasteiger partial charge in [-0.25, -0.2) is 0 Å². The van der Waals surface area contributed by atoms with E-state index in [-0.39, 0.29) is 13.2 Å². The van der Waals surface area contributed by atoms with Gasteiger partial charge in [-0.1, -0.05) is 0 Å². The van der Waals surface area contributed by atoms with Gasteiger partial charge in [0.25, 0.3) is 0 Å². The number of aliphatic hydroxyl groups excluding tert-OH is 2. The van der Waals surface area contributed by atoms with Crippen LogP contribution in [0.4, 0.5) is 0 Å². The summed E-state index contributed by atoms with van der Waals surface area (Å²) in [5, 5.41) is 17.4. The molecule has 5 nitrogen and oxygen atoms in total. The van der Waals surface area contributed by atoms with E-state index in [2.05, 4.69) is 9.47 Å². The second-order valence-corrected chi connectivity index (χ2v) is 1.87. The number of hydrogen-bond acceptors (Lipinski definition) is 5. The van der Waals surface area contributed by atoms with Gasteiger partial charge >= 0.3 is 0 Å². The number of aliphatic hydroxyl groups is 2. The van der Waals surface area contributed by atoms with Gasteiger partial charge < -0.3 is 24.4 Å². The summed E-state index contributed by atoms with van der Waals surface area (Å²) in [6.07, 6.45) is -1.67. The highest BCUT2D eigenvalue weighted by molar-refractivity contribution is 4.40. The van der Waals surface area contributed by atoms with E-state index in [9.17, 15) is 0 Å². The molecule has 0 spiro atoms. The van der Waals surface area contributed by atoms with Crippen molar-refractivity contribution in [3.05, 3.63) is 0 Å². The number of methoxy groups -OCH3 is 2. The molecule has 0 saturated heterocycles. The topological polar surface area (TPSA) is 68.2 Å². The Morgan fingerprint density at radius 1 is 1.27 bits per heavy atom. The highest BCUT2D eigenvalue weighted by Gasteiger charge is 2.08. The molecule has 2 atom stereocenters. The molecule has 0 rings (SSSR count). The molecule has 0 aromatic rings. The lowest BCUT2D eigenvalue weighted by molar-refractivity contribution is -0.197. The minimum atomic E-state index is -0.973. The fourth-order valence-corrected chi connectivity index (χ4v) is 0.453. The quantitative estimate of drug-likeness (QED) is 0.492. The van der Waals surface area contributed by atoms with E-state index in [4.69, 9.17) is 14.9 Å². The predicted molar refractivity (Wildman–Crippen MR) is 36.9 cm³/mol. The molecule has 0 amide bonds. The lowest BCUT2D eigenvalue weighted by atomic mass is 10.6. The summed E-state index contributed by atoms with van der Waals surface area (Å²) in [5.41, 5.74) is 0. The summed E-state index contributed by atoms with van der Waals surface area (Å²) >= 11 is 0. The van der Waals surface area contributed by atoms with E-state index >= 15 is 0 Å². The number of ether oxygens (including phenoxy) is 3. The summed E-state index contributed by atoms with van der Waals surface area (Å²) < 4.78 is 14.0. The van der Waals surface area contributed by atoms with E-state index in [1.807, 2.05) is 0 Å². The van der Waals surface area contributed by atoms with Gasteiger partial charge in [0.2, 0.25) is 0 Å². The molecular weight excluding hydrogens is 152 g/mol.